The van der Waals surface area contributed by atoms with E-state index >= 15 is 0 Å². The van der Waals surface area contributed by atoms with E-state index in [0.717, 1.165) is 0 Å². The lowest BCUT2D eigenvalue weighted by molar-refractivity contribution is -0.148. The normalized spacial score (nSPS) is 44.7. The van der Waals surface area contributed by atoms with Gasteiger partial charge in [-0.15, -0.1) is 0 Å². The molecule has 4 heteroatoms. The number of ether oxygens (including phenoxy) is 2. The van der Waals surface area contributed by atoms with E-state index in [0.29, 0.717) is 6.42 Å². The maximum Gasteiger partial charge on any atom is 0.186 e. The molecule has 0 aromatic heterocycles. The first-order valence-electron chi connectivity index (χ1n) is 3.75. The highest BCUT2D eigenvalue weighted by Gasteiger charge is 2.41. The Morgan fingerprint density at radius 2 is 2.00 bits per heavy atom. The second kappa shape index (κ2) is 3.49. The van der Waals surface area contributed by atoms with Crippen molar-refractivity contribution < 1.29 is 19.7 Å². The second-order valence-electron chi connectivity index (χ2n) is 2.67. The van der Waals surface area contributed by atoms with Crippen molar-refractivity contribution in [1.29, 1.82) is 0 Å². The van der Waals surface area contributed by atoms with Crippen molar-refractivity contribution in [3.8, 4) is 0 Å². The van der Waals surface area contributed by atoms with Crippen molar-refractivity contribution in [2.24, 2.45) is 0 Å². The van der Waals surface area contributed by atoms with Crippen molar-refractivity contribution >= 4 is 0 Å². The van der Waals surface area contributed by atoms with Crippen LogP contribution in [0.15, 0.2) is 0 Å². The summed E-state index contributed by atoms with van der Waals surface area (Å²) in [6.07, 6.45) is -2.02. The van der Waals surface area contributed by atoms with Crippen LogP contribution in [0.5, 0.6) is 0 Å². The highest BCUT2D eigenvalue weighted by atomic mass is 16.7. The summed E-state index contributed by atoms with van der Waals surface area (Å²) < 4.78 is 9.96. The maximum absolute atomic E-state index is 9.30. The fourth-order valence-corrected chi connectivity index (χ4v) is 1.25. The van der Waals surface area contributed by atoms with E-state index < -0.39 is 18.5 Å². The first-order chi connectivity index (χ1) is 5.20. The van der Waals surface area contributed by atoms with Crippen LogP contribution in [0.25, 0.3) is 0 Å². The van der Waals surface area contributed by atoms with E-state index in [1.165, 1.54) is 7.11 Å². The van der Waals surface area contributed by atoms with Crippen molar-refractivity contribution in [3.63, 3.8) is 0 Å². The largest absolute Gasteiger partial charge is 0.387 e. The highest BCUT2D eigenvalue weighted by Crippen LogP contribution is 2.23. The third kappa shape index (κ3) is 1.54. The minimum Gasteiger partial charge on any atom is -0.387 e. The number of hydrogen-bond donors (Lipinski definition) is 2. The zero-order valence-corrected chi connectivity index (χ0v) is 6.73. The molecule has 1 saturated heterocycles. The summed E-state index contributed by atoms with van der Waals surface area (Å²) in [5.74, 6) is 0. The average molecular weight is 162 g/mol. The quantitative estimate of drug-likeness (QED) is 0.574. The van der Waals surface area contributed by atoms with Gasteiger partial charge in [0.15, 0.2) is 6.29 Å². The van der Waals surface area contributed by atoms with Crippen molar-refractivity contribution in [2.45, 2.75) is 37.9 Å². The molecule has 4 atom stereocenters. The van der Waals surface area contributed by atoms with E-state index in [9.17, 15) is 10.2 Å². The SMILES string of the molecule is CCC1OC(OC)C(O)C1O. The molecule has 0 aromatic rings. The number of hydrogen-bond acceptors (Lipinski definition) is 4. The molecule has 0 aromatic carbocycles. The first kappa shape index (κ1) is 8.93. The lowest BCUT2D eigenvalue weighted by atomic mass is 10.1. The number of aliphatic hydroxyl groups excluding tert-OH is 2. The fraction of sp³-hybridized carbons (Fsp3) is 1.00. The summed E-state index contributed by atoms with van der Waals surface area (Å²) in [7, 11) is 1.44. The van der Waals surface area contributed by atoms with Gasteiger partial charge in [0, 0.05) is 7.11 Å². The van der Waals surface area contributed by atoms with Gasteiger partial charge in [0.1, 0.15) is 12.2 Å². The Morgan fingerprint density at radius 1 is 1.36 bits per heavy atom. The molecule has 1 rings (SSSR count). The first-order valence-corrected chi connectivity index (χ1v) is 3.75. The lowest BCUT2D eigenvalue weighted by Crippen LogP contribution is -2.32. The van der Waals surface area contributed by atoms with Crippen molar-refractivity contribution in [1.82, 2.24) is 0 Å². The van der Waals surface area contributed by atoms with Gasteiger partial charge >= 0.3 is 0 Å². The fourth-order valence-electron chi connectivity index (χ4n) is 1.25. The van der Waals surface area contributed by atoms with Gasteiger partial charge in [0.25, 0.3) is 0 Å². The van der Waals surface area contributed by atoms with E-state index in [4.69, 9.17) is 9.47 Å². The van der Waals surface area contributed by atoms with Crippen LogP contribution in [0, 0.1) is 0 Å². The summed E-state index contributed by atoms with van der Waals surface area (Å²) in [6, 6.07) is 0. The molecule has 0 radical (unpaired) electrons. The molecule has 0 bridgehead atoms. The Kier molecular flexibility index (Phi) is 2.84. The van der Waals surface area contributed by atoms with Gasteiger partial charge in [-0.25, -0.2) is 0 Å². The smallest absolute Gasteiger partial charge is 0.186 e. The zero-order chi connectivity index (χ0) is 8.43. The molecule has 4 unspecified atom stereocenters. The molecule has 0 amide bonds. The molecule has 4 nitrogen and oxygen atoms in total. The Hall–Kier alpha value is -0.160. The molecule has 2 N–H and O–H groups in total. The number of rotatable bonds is 2. The summed E-state index contributed by atoms with van der Waals surface area (Å²) in [6.45, 7) is 1.89. The Balaban J connectivity index is 2.53. The molecular formula is C7H14O4. The molecule has 1 heterocycles. The van der Waals surface area contributed by atoms with Gasteiger partial charge in [0.05, 0.1) is 6.10 Å². The zero-order valence-electron chi connectivity index (χ0n) is 6.73. The lowest BCUT2D eigenvalue weighted by Gasteiger charge is -2.11. The van der Waals surface area contributed by atoms with E-state index in [1.807, 2.05) is 6.92 Å². The molecule has 1 aliphatic heterocycles. The van der Waals surface area contributed by atoms with Crippen LogP contribution in [-0.4, -0.2) is 41.9 Å². The van der Waals surface area contributed by atoms with Crippen LogP contribution < -0.4 is 0 Å². The molecule has 0 saturated carbocycles. The van der Waals surface area contributed by atoms with E-state index in [-0.39, 0.29) is 6.10 Å². The van der Waals surface area contributed by atoms with Crippen molar-refractivity contribution in [3.05, 3.63) is 0 Å². The molecule has 0 spiro atoms. The minimum absolute atomic E-state index is 0.296. The standard InChI is InChI=1S/C7H14O4/c1-3-4-5(8)6(9)7(10-2)11-4/h4-9H,3H2,1-2H3. The molecule has 11 heavy (non-hydrogen) atoms. The van der Waals surface area contributed by atoms with E-state index in [2.05, 4.69) is 0 Å². The van der Waals surface area contributed by atoms with Gasteiger partial charge in [-0.2, -0.15) is 0 Å². The molecule has 1 fully saturated rings. The summed E-state index contributed by atoms with van der Waals surface area (Å²) in [4.78, 5) is 0. The summed E-state index contributed by atoms with van der Waals surface area (Å²) in [5, 5.41) is 18.6. The van der Waals surface area contributed by atoms with Crippen LogP contribution in [-0.2, 0) is 9.47 Å². The van der Waals surface area contributed by atoms with Gasteiger partial charge in [-0.05, 0) is 6.42 Å². The Morgan fingerprint density at radius 3 is 2.27 bits per heavy atom. The number of methoxy groups -OCH3 is 1. The minimum atomic E-state index is -0.912. The van der Waals surface area contributed by atoms with Crippen LogP contribution in [0.1, 0.15) is 13.3 Å². The number of aliphatic hydroxyl groups is 2. The molecule has 1 aliphatic rings. The topological polar surface area (TPSA) is 58.9 Å². The average Bonchev–Trinajstić information content (AvgIpc) is 2.30. The predicted octanol–water partition coefficient (Wildman–Crippen LogP) is -0.510. The second-order valence-corrected chi connectivity index (χ2v) is 2.67. The van der Waals surface area contributed by atoms with Gasteiger partial charge in [0.2, 0.25) is 0 Å². The third-order valence-corrected chi connectivity index (χ3v) is 1.95. The van der Waals surface area contributed by atoms with Gasteiger partial charge in [-0.3, -0.25) is 0 Å². The molecule has 66 valence electrons. The third-order valence-electron chi connectivity index (χ3n) is 1.95. The van der Waals surface area contributed by atoms with Crippen LogP contribution in [0.4, 0.5) is 0 Å². The van der Waals surface area contributed by atoms with Gasteiger partial charge < -0.3 is 19.7 Å². The summed E-state index contributed by atoms with van der Waals surface area (Å²) in [5.41, 5.74) is 0. The Bertz CT molecular complexity index is 110. The van der Waals surface area contributed by atoms with Crippen LogP contribution in [0.2, 0.25) is 0 Å². The van der Waals surface area contributed by atoms with Gasteiger partial charge in [-0.1, -0.05) is 6.92 Å². The monoisotopic (exact) mass is 162 g/mol. The van der Waals surface area contributed by atoms with E-state index in [1.54, 1.807) is 0 Å². The molecular weight excluding hydrogens is 148 g/mol. The van der Waals surface area contributed by atoms with Crippen LogP contribution >= 0.6 is 0 Å². The summed E-state index contributed by atoms with van der Waals surface area (Å²) >= 11 is 0. The Labute approximate surface area is 65.7 Å². The predicted molar refractivity (Wildman–Crippen MR) is 38.0 cm³/mol. The maximum atomic E-state index is 9.30. The van der Waals surface area contributed by atoms with Crippen molar-refractivity contribution in [2.75, 3.05) is 7.11 Å². The highest BCUT2D eigenvalue weighted by molar-refractivity contribution is 4.85. The van der Waals surface area contributed by atoms with Crippen LogP contribution in [0.3, 0.4) is 0 Å². The molecule has 0 aliphatic carbocycles.